The molecule has 1 aromatic rings. The summed E-state index contributed by atoms with van der Waals surface area (Å²) in [5, 5.41) is 9.27. The number of hydrogen-bond donors (Lipinski definition) is 2. The Bertz CT molecular complexity index is 516. The highest BCUT2D eigenvalue weighted by atomic mass is 16.4. The minimum Gasteiger partial charge on any atom is -0.478 e. The summed E-state index contributed by atoms with van der Waals surface area (Å²) in [6.45, 7) is 7.02. The predicted octanol–water partition coefficient (Wildman–Crippen LogP) is 1.81. The van der Waals surface area contributed by atoms with Crippen LogP contribution in [0.2, 0.25) is 0 Å². The summed E-state index contributed by atoms with van der Waals surface area (Å²) < 4.78 is 0. The zero-order chi connectivity index (χ0) is 14.9. The van der Waals surface area contributed by atoms with Gasteiger partial charge in [-0.05, 0) is 51.6 Å². The van der Waals surface area contributed by atoms with Crippen molar-refractivity contribution in [3.05, 3.63) is 23.3 Å². The van der Waals surface area contributed by atoms with Crippen LogP contribution in [0.1, 0.15) is 29.3 Å². The molecule has 1 saturated heterocycles. The number of nitrogens with two attached hydrogens (primary N) is 1. The van der Waals surface area contributed by atoms with E-state index >= 15 is 0 Å². The molecule has 0 aliphatic carbocycles. The SMILES string of the molecule is Cc1cc(N2CCCN(C)CC2C)cc(C(=O)O)c1N. The number of nitrogen functional groups attached to an aromatic ring is 1. The number of rotatable bonds is 2. The molecule has 0 aromatic heterocycles. The number of aryl methyl sites for hydroxylation is 1. The molecular weight excluding hydrogens is 254 g/mol. The second kappa shape index (κ2) is 5.71. The van der Waals surface area contributed by atoms with E-state index in [-0.39, 0.29) is 5.56 Å². The standard InChI is InChI=1S/C15H23N3O2/c1-10-7-12(8-13(14(10)16)15(19)20)18-6-4-5-17(3)9-11(18)2/h7-8,11H,4-6,9,16H2,1-3H3,(H,19,20). The number of anilines is 2. The first-order valence-electron chi connectivity index (χ1n) is 6.98. The van der Waals surface area contributed by atoms with Crippen molar-refractivity contribution in [1.82, 2.24) is 4.90 Å². The van der Waals surface area contributed by atoms with Crippen molar-refractivity contribution < 1.29 is 9.90 Å². The van der Waals surface area contributed by atoms with E-state index in [4.69, 9.17) is 5.73 Å². The fraction of sp³-hybridized carbons (Fsp3) is 0.533. The predicted molar refractivity (Wildman–Crippen MR) is 81.5 cm³/mol. The number of benzene rings is 1. The van der Waals surface area contributed by atoms with Crippen molar-refractivity contribution in [3.63, 3.8) is 0 Å². The van der Waals surface area contributed by atoms with Crippen LogP contribution >= 0.6 is 0 Å². The molecule has 0 spiro atoms. The van der Waals surface area contributed by atoms with Gasteiger partial charge in [-0.2, -0.15) is 0 Å². The van der Waals surface area contributed by atoms with Crippen molar-refractivity contribution in [2.24, 2.45) is 0 Å². The van der Waals surface area contributed by atoms with E-state index in [2.05, 4.69) is 23.8 Å². The quantitative estimate of drug-likeness (QED) is 0.807. The third kappa shape index (κ3) is 2.88. The minimum absolute atomic E-state index is 0.199. The van der Waals surface area contributed by atoms with Crippen molar-refractivity contribution in [2.45, 2.75) is 26.3 Å². The number of nitrogens with zero attached hydrogens (tertiary/aromatic N) is 2. The molecule has 1 unspecified atom stereocenters. The molecule has 1 atom stereocenters. The molecule has 1 aliphatic heterocycles. The fourth-order valence-electron chi connectivity index (χ4n) is 2.88. The molecule has 1 aromatic carbocycles. The van der Waals surface area contributed by atoms with Gasteiger partial charge in [0.1, 0.15) is 0 Å². The Kier molecular flexibility index (Phi) is 4.18. The second-order valence-corrected chi connectivity index (χ2v) is 5.69. The smallest absolute Gasteiger partial charge is 0.337 e. The van der Waals surface area contributed by atoms with E-state index in [0.29, 0.717) is 11.7 Å². The van der Waals surface area contributed by atoms with Gasteiger partial charge >= 0.3 is 5.97 Å². The number of likely N-dealkylation sites (N-methyl/N-ethyl adjacent to an activating group) is 1. The number of carbonyl (C=O) groups is 1. The van der Waals surface area contributed by atoms with Crippen molar-refractivity contribution in [1.29, 1.82) is 0 Å². The zero-order valence-electron chi connectivity index (χ0n) is 12.4. The number of carboxylic acids is 1. The van der Waals surface area contributed by atoms with E-state index in [1.54, 1.807) is 6.07 Å². The Labute approximate surface area is 120 Å². The van der Waals surface area contributed by atoms with Gasteiger partial charge in [0.15, 0.2) is 0 Å². The molecule has 110 valence electrons. The van der Waals surface area contributed by atoms with Crippen LogP contribution in [0.4, 0.5) is 11.4 Å². The molecule has 3 N–H and O–H groups in total. The number of aromatic carboxylic acids is 1. The maximum atomic E-state index is 11.3. The normalized spacial score (nSPS) is 20.8. The number of hydrogen-bond acceptors (Lipinski definition) is 4. The largest absolute Gasteiger partial charge is 0.478 e. The van der Waals surface area contributed by atoms with Gasteiger partial charge in [0.2, 0.25) is 0 Å². The highest BCUT2D eigenvalue weighted by Gasteiger charge is 2.22. The van der Waals surface area contributed by atoms with E-state index in [0.717, 1.165) is 37.3 Å². The average molecular weight is 277 g/mol. The summed E-state index contributed by atoms with van der Waals surface area (Å²) >= 11 is 0. The molecule has 0 radical (unpaired) electrons. The average Bonchev–Trinajstić information content (AvgIpc) is 2.53. The van der Waals surface area contributed by atoms with Gasteiger partial charge in [-0.3, -0.25) is 0 Å². The lowest BCUT2D eigenvalue weighted by molar-refractivity contribution is 0.0698. The first-order chi connectivity index (χ1) is 9.40. The summed E-state index contributed by atoms with van der Waals surface area (Å²) in [4.78, 5) is 15.9. The van der Waals surface area contributed by atoms with Crippen LogP contribution in [0.25, 0.3) is 0 Å². The van der Waals surface area contributed by atoms with Crippen LogP contribution in [0.5, 0.6) is 0 Å². The van der Waals surface area contributed by atoms with Gasteiger partial charge in [-0.25, -0.2) is 4.79 Å². The Hall–Kier alpha value is -1.75. The topological polar surface area (TPSA) is 69.8 Å². The first kappa shape index (κ1) is 14.7. The lowest BCUT2D eigenvalue weighted by atomic mass is 10.1. The Morgan fingerprint density at radius 1 is 1.40 bits per heavy atom. The van der Waals surface area contributed by atoms with E-state index in [1.165, 1.54) is 0 Å². The molecule has 5 heteroatoms. The maximum absolute atomic E-state index is 11.3. The summed E-state index contributed by atoms with van der Waals surface area (Å²) in [6, 6.07) is 4.04. The summed E-state index contributed by atoms with van der Waals surface area (Å²) in [6.07, 6.45) is 1.08. The van der Waals surface area contributed by atoms with Gasteiger partial charge in [-0.1, -0.05) is 0 Å². The van der Waals surface area contributed by atoms with Crippen LogP contribution in [0, 0.1) is 6.92 Å². The van der Waals surface area contributed by atoms with Crippen molar-refractivity contribution in [2.75, 3.05) is 37.3 Å². The van der Waals surface area contributed by atoms with E-state index < -0.39 is 5.97 Å². The molecular formula is C15H23N3O2. The van der Waals surface area contributed by atoms with Gasteiger partial charge < -0.3 is 20.6 Å². The first-order valence-corrected chi connectivity index (χ1v) is 6.98. The fourth-order valence-corrected chi connectivity index (χ4v) is 2.88. The molecule has 0 bridgehead atoms. The molecule has 20 heavy (non-hydrogen) atoms. The van der Waals surface area contributed by atoms with Gasteiger partial charge in [0, 0.05) is 30.5 Å². The van der Waals surface area contributed by atoms with Crippen LogP contribution < -0.4 is 10.6 Å². The van der Waals surface area contributed by atoms with Gasteiger partial charge in [-0.15, -0.1) is 0 Å². The Morgan fingerprint density at radius 3 is 2.75 bits per heavy atom. The molecule has 1 aliphatic rings. The highest BCUT2D eigenvalue weighted by molar-refractivity contribution is 5.95. The lowest BCUT2D eigenvalue weighted by Crippen LogP contribution is -2.38. The van der Waals surface area contributed by atoms with Crippen molar-refractivity contribution >= 4 is 17.3 Å². The van der Waals surface area contributed by atoms with Crippen LogP contribution in [0.15, 0.2) is 12.1 Å². The molecule has 0 saturated carbocycles. The van der Waals surface area contributed by atoms with Gasteiger partial charge in [0.25, 0.3) is 0 Å². The molecule has 5 nitrogen and oxygen atoms in total. The third-order valence-electron chi connectivity index (χ3n) is 3.98. The Balaban J connectivity index is 2.39. The van der Waals surface area contributed by atoms with Crippen LogP contribution in [0.3, 0.4) is 0 Å². The summed E-state index contributed by atoms with van der Waals surface area (Å²) in [7, 11) is 2.12. The molecule has 1 heterocycles. The van der Waals surface area contributed by atoms with E-state index in [9.17, 15) is 9.90 Å². The monoisotopic (exact) mass is 277 g/mol. The summed E-state index contributed by atoms with van der Waals surface area (Å²) in [5.41, 5.74) is 8.20. The minimum atomic E-state index is -0.966. The molecule has 0 amide bonds. The van der Waals surface area contributed by atoms with Crippen LogP contribution in [-0.4, -0.2) is 48.7 Å². The third-order valence-corrected chi connectivity index (χ3v) is 3.98. The summed E-state index contributed by atoms with van der Waals surface area (Å²) in [5.74, 6) is -0.966. The zero-order valence-corrected chi connectivity index (χ0v) is 12.4. The molecule has 2 rings (SSSR count). The Morgan fingerprint density at radius 2 is 2.10 bits per heavy atom. The maximum Gasteiger partial charge on any atom is 0.337 e. The number of carboxylic acid groups (broad SMARTS) is 1. The van der Waals surface area contributed by atoms with Crippen molar-refractivity contribution in [3.8, 4) is 0 Å². The molecule has 1 fully saturated rings. The second-order valence-electron chi connectivity index (χ2n) is 5.69. The highest BCUT2D eigenvalue weighted by Crippen LogP contribution is 2.28. The van der Waals surface area contributed by atoms with Crippen LogP contribution in [-0.2, 0) is 0 Å². The van der Waals surface area contributed by atoms with E-state index in [1.807, 2.05) is 13.0 Å². The lowest BCUT2D eigenvalue weighted by Gasteiger charge is -2.31. The van der Waals surface area contributed by atoms with Gasteiger partial charge in [0.05, 0.1) is 5.56 Å².